The van der Waals surface area contributed by atoms with E-state index in [0.717, 1.165) is 26.2 Å². The summed E-state index contributed by atoms with van der Waals surface area (Å²) in [6.07, 6.45) is 1.02. The van der Waals surface area contributed by atoms with E-state index in [0.29, 0.717) is 6.54 Å². The maximum atomic E-state index is 9.29. The summed E-state index contributed by atoms with van der Waals surface area (Å²) in [5, 5.41) is 9.29. The van der Waals surface area contributed by atoms with Gasteiger partial charge in [-0.05, 0) is 27.3 Å². The Morgan fingerprint density at radius 1 is 1.53 bits per heavy atom. The molecule has 0 aromatic heterocycles. The zero-order valence-electron chi connectivity index (χ0n) is 10.1. The Bertz CT molecular complexity index is 201. The van der Waals surface area contributed by atoms with Gasteiger partial charge in [-0.3, -0.25) is 4.90 Å². The molecule has 1 aliphatic rings. The maximum absolute atomic E-state index is 9.29. The first-order valence-electron chi connectivity index (χ1n) is 5.56. The fourth-order valence-electron chi connectivity index (χ4n) is 1.84. The first-order valence-corrected chi connectivity index (χ1v) is 5.56. The topological polar surface area (TPSA) is 58.7 Å². The quantitative estimate of drug-likeness (QED) is 0.682. The molecule has 4 heteroatoms. The van der Waals surface area contributed by atoms with Crippen LogP contribution in [0.25, 0.3) is 0 Å². The maximum Gasteiger partial charge on any atom is 0.0609 e. The summed E-state index contributed by atoms with van der Waals surface area (Å²) in [6.45, 7) is 7.32. The van der Waals surface area contributed by atoms with Gasteiger partial charge in [-0.25, -0.2) is 0 Å². The minimum Gasteiger partial charge on any atom is -0.394 e. The second-order valence-electron chi connectivity index (χ2n) is 5.33. The Morgan fingerprint density at radius 3 is 2.60 bits per heavy atom. The molecule has 0 bridgehead atoms. The van der Waals surface area contributed by atoms with Crippen molar-refractivity contribution in [2.24, 2.45) is 11.1 Å². The van der Waals surface area contributed by atoms with Crippen LogP contribution in [0.3, 0.4) is 0 Å². The molecule has 1 rings (SSSR count). The lowest BCUT2D eigenvalue weighted by atomic mass is 9.85. The van der Waals surface area contributed by atoms with E-state index in [-0.39, 0.29) is 17.6 Å². The Hall–Kier alpha value is -0.160. The molecule has 0 aliphatic carbocycles. The summed E-state index contributed by atoms with van der Waals surface area (Å²) in [6, 6.07) is 0. The average molecular weight is 216 g/mol. The van der Waals surface area contributed by atoms with E-state index < -0.39 is 0 Å². The van der Waals surface area contributed by atoms with Gasteiger partial charge >= 0.3 is 0 Å². The standard InChI is InChI=1S/C11H24N2O2/c1-10(2,8-14)13(3)7-11(6-12)4-5-15-9-11/h14H,4-9,12H2,1-3H3. The molecule has 1 aliphatic heterocycles. The molecule has 0 saturated carbocycles. The predicted octanol–water partition coefficient (Wildman–Crippen LogP) is 0.0545. The van der Waals surface area contributed by atoms with Crippen LogP contribution in [-0.2, 0) is 4.74 Å². The normalized spacial score (nSPS) is 27.6. The van der Waals surface area contributed by atoms with Crippen molar-refractivity contribution in [3.05, 3.63) is 0 Å². The van der Waals surface area contributed by atoms with Crippen LogP contribution in [0.1, 0.15) is 20.3 Å². The highest BCUT2D eigenvalue weighted by atomic mass is 16.5. The minimum absolute atomic E-state index is 0.0845. The Labute approximate surface area is 92.4 Å². The molecular formula is C11H24N2O2. The Morgan fingerprint density at radius 2 is 2.20 bits per heavy atom. The summed E-state index contributed by atoms with van der Waals surface area (Å²) >= 11 is 0. The van der Waals surface area contributed by atoms with Gasteiger partial charge in [0.2, 0.25) is 0 Å². The van der Waals surface area contributed by atoms with Crippen molar-refractivity contribution in [2.45, 2.75) is 25.8 Å². The third-order valence-corrected chi connectivity index (χ3v) is 3.61. The molecule has 0 aromatic carbocycles. The number of rotatable bonds is 5. The molecular weight excluding hydrogens is 192 g/mol. The zero-order chi connectivity index (χ0) is 11.5. The van der Waals surface area contributed by atoms with Crippen LogP contribution in [0, 0.1) is 5.41 Å². The summed E-state index contributed by atoms with van der Waals surface area (Å²) in [5.41, 5.74) is 5.73. The van der Waals surface area contributed by atoms with Gasteiger partial charge in [-0.1, -0.05) is 0 Å². The van der Waals surface area contributed by atoms with Crippen LogP contribution in [0.5, 0.6) is 0 Å². The third-order valence-electron chi connectivity index (χ3n) is 3.61. The van der Waals surface area contributed by atoms with Gasteiger partial charge in [0.1, 0.15) is 0 Å². The number of hydrogen-bond acceptors (Lipinski definition) is 4. The highest BCUT2D eigenvalue weighted by molar-refractivity contribution is 4.90. The summed E-state index contributed by atoms with van der Waals surface area (Å²) in [4.78, 5) is 2.18. The molecule has 1 saturated heterocycles. The number of nitrogens with zero attached hydrogens (tertiary/aromatic N) is 1. The van der Waals surface area contributed by atoms with Gasteiger partial charge < -0.3 is 15.6 Å². The van der Waals surface area contributed by atoms with E-state index in [1.807, 2.05) is 20.9 Å². The second-order valence-corrected chi connectivity index (χ2v) is 5.33. The van der Waals surface area contributed by atoms with Crippen molar-refractivity contribution < 1.29 is 9.84 Å². The van der Waals surface area contributed by atoms with Crippen molar-refractivity contribution in [1.82, 2.24) is 4.90 Å². The smallest absolute Gasteiger partial charge is 0.0609 e. The highest BCUT2D eigenvalue weighted by Gasteiger charge is 2.37. The molecule has 1 heterocycles. The van der Waals surface area contributed by atoms with E-state index in [2.05, 4.69) is 4.90 Å². The van der Waals surface area contributed by atoms with E-state index in [9.17, 15) is 5.11 Å². The van der Waals surface area contributed by atoms with Gasteiger partial charge in [0.05, 0.1) is 13.2 Å². The van der Waals surface area contributed by atoms with Gasteiger partial charge in [-0.15, -0.1) is 0 Å². The van der Waals surface area contributed by atoms with E-state index in [4.69, 9.17) is 10.5 Å². The lowest BCUT2D eigenvalue weighted by Crippen LogP contribution is -2.51. The predicted molar refractivity (Wildman–Crippen MR) is 60.7 cm³/mol. The minimum atomic E-state index is -0.190. The van der Waals surface area contributed by atoms with Crippen LogP contribution in [-0.4, -0.2) is 55.5 Å². The molecule has 1 fully saturated rings. The second kappa shape index (κ2) is 4.78. The summed E-state index contributed by atoms with van der Waals surface area (Å²) in [5.74, 6) is 0. The average Bonchev–Trinajstić information content (AvgIpc) is 2.67. The molecule has 0 amide bonds. The number of hydrogen-bond donors (Lipinski definition) is 2. The lowest BCUT2D eigenvalue weighted by Gasteiger charge is -2.39. The van der Waals surface area contributed by atoms with Gasteiger partial charge in [0, 0.05) is 30.7 Å². The van der Waals surface area contributed by atoms with Crippen molar-refractivity contribution in [2.75, 3.05) is 40.0 Å². The summed E-state index contributed by atoms with van der Waals surface area (Å²) in [7, 11) is 2.03. The first-order chi connectivity index (χ1) is 6.96. The van der Waals surface area contributed by atoms with Crippen LogP contribution in [0.15, 0.2) is 0 Å². The fraction of sp³-hybridized carbons (Fsp3) is 1.00. The first kappa shape index (κ1) is 12.9. The zero-order valence-corrected chi connectivity index (χ0v) is 10.1. The lowest BCUT2D eigenvalue weighted by molar-refractivity contribution is 0.0373. The van der Waals surface area contributed by atoms with E-state index in [1.54, 1.807) is 0 Å². The van der Waals surface area contributed by atoms with Crippen LogP contribution < -0.4 is 5.73 Å². The Kier molecular flexibility index (Phi) is 4.12. The fourth-order valence-corrected chi connectivity index (χ4v) is 1.84. The number of likely N-dealkylation sites (N-methyl/N-ethyl adjacent to an activating group) is 1. The summed E-state index contributed by atoms with van der Waals surface area (Å²) < 4.78 is 5.43. The molecule has 15 heavy (non-hydrogen) atoms. The van der Waals surface area contributed by atoms with Crippen molar-refractivity contribution in [3.63, 3.8) is 0 Å². The van der Waals surface area contributed by atoms with Crippen LogP contribution >= 0.6 is 0 Å². The Balaban J connectivity index is 2.59. The largest absolute Gasteiger partial charge is 0.394 e. The van der Waals surface area contributed by atoms with E-state index in [1.165, 1.54) is 0 Å². The molecule has 0 radical (unpaired) electrons. The van der Waals surface area contributed by atoms with Gasteiger partial charge in [0.25, 0.3) is 0 Å². The molecule has 4 nitrogen and oxygen atoms in total. The van der Waals surface area contributed by atoms with Crippen LogP contribution in [0.2, 0.25) is 0 Å². The SMILES string of the molecule is CN(CC1(CN)CCOC1)C(C)(C)CO. The molecule has 90 valence electrons. The van der Waals surface area contributed by atoms with Gasteiger partial charge in [0.15, 0.2) is 0 Å². The number of nitrogens with two attached hydrogens (primary N) is 1. The van der Waals surface area contributed by atoms with Crippen LogP contribution in [0.4, 0.5) is 0 Å². The van der Waals surface area contributed by atoms with Gasteiger partial charge in [-0.2, -0.15) is 0 Å². The molecule has 1 unspecified atom stereocenters. The highest BCUT2D eigenvalue weighted by Crippen LogP contribution is 2.30. The monoisotopic (exact) mass is 216 g/mol. The van der Waals surface area contributed by atoms with E-state index >= 15 is 0 Å². The van der Waals surface area contributed by atoms with Crippen molar-refractivity contribution in [3.8, 4) is 0 Å². The molecule has 0 spiro atoms. The van der Waals surface area contributed by atoms with Crippen molar-refractivity contribution >= 4 is 0 Å². The molecule has 3 N–H and O–H groups in total. The number of aliphatic hydroxyl groups is 1. The van der Waals surface area contributed by atoms with Crippen molar-refractivity contribution in [1.29, 1.82) is 0 Å². The third kappa shape index (κ3) is 2.91. The number of aliphatic hydroxyl groups excluding tert-OH is 1. The molecule has 1 atom stereocenters. The molecule has 0 aromatic rings. The number of ether oxygens (including phenoxy) is 1.